The number of carbonyl (C=O) groups excluding carboxylic acids is 2. The number of esters is 1. The maximum absolute atomic E-state index is 12.9. The van der Waals surface area contributed by atoms with E-state index in [4.69, 9.17) is 14.5 Å². The number of hydrogen-bond acceptors (Lipinski definition) is 8. The molecule has 33 heavy (non-hydrogen) atoms. The summed E-state index contributed by atoms with van der Waals surface area (Å²) in [5, 5.41) is 9.64. The molecule has 2 aliphatic rings. The zero-order valence-corrected chi connectivity index (χ0v) is 18.3. The van der Waals surface area contributed by atoms with E-state index in [9.17, 15) is 14.7 Å². The van der Waals surface area contributed by atoms with Crippen molar-refractivity contribution < 1.29 is 24.2 Å². The number of benzene rings is 1. The van der Waals surface area contributed by atoms with Gasteiger partial charge in [0.25, 0.3) is 0 Å². The lowest BCUT2D eigenvalue weighted by molar-refractivity contribution is -0.131. The number of methoxy groups -OCH3 is 1. The Bertz CT molecular complexity index is 1210. The molecule has 1 unspecified atom stereocenters. The lowest BCUT2D eigenvalue weighted by Gasteiger charge is -2.35. The van der Waals surface area contributed by atoms with Crippen LogP contribution >= 0.6 is 0 Å². The summed E-state index contributed by atoms with van der Waals surface area (Å²) >= 11 is 0. The molecule has 0 spiro atoms. The average molecular weight is 451 g/mol. The van der Waals surface area contributed by atoms with E-state index in [0.717, 1.165) is 29.9 Å². The molecule has 0 bridgehead atoms. The van der Waals surface area contributed by atoms with Crippen LogP contribution in [0.1, 0.15) is 22.6 Å². The average Bonchev–Trinajstić information content (AvgIpc) is 3.13. The van der Waals surface area contributed by atoms with Crippen LogP contribution in [0.5, 0.6) is 5.88 Å². The molecule has 2 fully saturated rings. The van der Waals surface area contributed by atoms with Gasteiger partial charge >= 0.3 is 5.97 Å². The van der Waals surface area contributed by atoms with Crippen LogP contribution in [0.2, 0.25) is 0 Å². The Labute approximate surface area is 190 Å². The molecular formula is C23H25N5O5. The van der Waals surface area contributed by atoms with Gasteiger partial charge in [-0.25, -0.2) is 9.78 Å². The van der Waals surface area contributed by atoms with Crippen molar-refractivity contribution >= 4 is 28.7 Å². The minimum absolute atomic E-state index is 0.0415. The Morgan fingerprint density at radius 3 is 2.79 bits per heavy atom. The Kier molecular flexibility index (Phi) is 5.59. The van der Waals surface area contributed by atoms with Crippen molar-refractivity contribution in [2.75, 3.05) is 38.3 Å². The third kappa shape index (κ3) is 4.21. The zero-order chi connectivity index (χ0) is 22.9. The molecule has 1 N–H and O–H groups in total. The highest BCUT2D eigenvalue weighted by Gasteiger charge is 2.28. The number of aromatic nitrogens is 3. The molecule has 0 aliphatic carbocycles. The molecule has 2 aromatic heterocycles. The largest absolute Gasteiger partial charge is 0.493 e. The van der Waals surface area contributed by atoms with E-state index in [1.807, 2.05) is 9.47 Å². The molecular weight excluding hydrogens is 426 g/mol. The first-order valence-corrected chi connectivity index (χ1v) is 10.9. The van der Waals surface area contributed by atoms with Crippen LogP contribution in [0.3, 0.4) is 0 Å². The standard InChI is InChI=1S/C23H25N5O5/c1-32-23(31)15-5-6-17-18(11-15)28(12-16-7-10-33-16)20(24-17)13-27-9-8-26(14-22(27)30)19-3-2-4-21(29)25-19/h2-6,11,16H,7-10,12-14H2,1H3,(H,25,29). The summed E-state index contributed by atoms with van der Waals surface area (Å²) in [6.45, 7) is 2.98. The van der Waals surface area contributed by atoms with Crippen molar-refractivity contribution in [3.63, 3.8) is 0 Å². The predicted octanol–water partition coefficient (Wildman–Crippen LogP) is 1.56. The highest BCUT2D eigenvalue weighted by atomic mass is 16.5. The van der Waals surface area contributed by atoms with Crippen molar-refractivity contribution in [1.82, 2.24) is 19.4 Å². The molecule has 2 aliphatic heterocycles. The number of carbonyl (C=O) groups is 2. The molecule has 172 valence electrons. The number of fused-ring (bicyclic) bond motifs is 1. The fourth-order valence-corrected chi connectivity index (χ4v) is 4.20. The number of piperazine rings is 1. The third-order valence-corrected chi connectivity index (χ3v) is 6.12. The van der Waals surface area contributed by atoms with Gasteiger partial charge in [0.2, 0.25) is 11.8 Å². The topological polar surface area (TPSA) is 110 Å². The lowest BCUT2D eigenvalue weighted by Crippen LogP contribution is -2.50. The number of aromatic hydroxyl groups is 1. The minimum Gasteiger partial charge on any atom is -0.493 e. The van der Waals surface area contributed by atoms with Crippen LogP contribution in [0, 0.1) is 0 Å². The van der Waals surface area contributed by atoms with E-state index in [-0.39, 0.29) is 24.4 Å². The number of hydrogen-bond donors (Lipinski definition) is 1. The minimum atomic E-state index is -0.405. The van der Waals surface area contributed by atoms with Crippen LogP contribution in [0.15, 0.2) is 36.4 Å². The van der Waals surface area contributed by atoms with E-state index < -0.39 is 5.97 Å². The molecule has 10 heteroatoms. The van der Waals surface area contributed by atoms with Gasteiger partial charge in [0, 0.05) is 25.8 Å². The molecule has 2 saturated heterocycles. The van der Waals surface area contributed by atoms with Crippen molar-refractivity contribution in [2.45, 2.75) is 25.6 Å². The summed E-state index contributed by atoms with van der Waals surface area (Å²) in [5.74, 6) is 0.811. The Balaban J connectivity index is 1.39. The smallest absolute Gasteiger partial charge is 0.337 e. The third-order valence-electron chi connectivity index (χ3n) is 6.12. The molecule has 1 aromatic carbocycles. The first-order valence-electron chi connectivity index (χ1n) is 10.9. The SMILES string of the molecule is COC(=O)c1ccc2nc(CN3CCN(c4cccc(O)n4)CC3=O)n(CC3CCO3)c2c1. The molecule has 4 heterocycles. The zero-order valence-electron chi connectivity index (χ0n) is 18.3. The van der Waals surface area contributed by atoms with Gasteiger partial charge in [0.1, 0.15) is 11.6 Å². The fourth-order valence-electron chi connectivity index (χ4n) is 4.20. The number of rotatable bonds is 6. The maximum Gasteiger partial charge on any atom is 0.337 e. The lowest BCUT2D eigenvalue weighted by atomic mass is 10.1. The van der Waals surface area contributed by atoms with Gasteiger partial charge in [-0.3, -0.25) is 4.79 Å². The van der Waals surface area contributed by atoms with Gasteiger partial charge in [-0.05, 0) is 30.7 Å². The summed E-state index contributed by atoms with van der Waals surface area (Å²) in [6.07, 6.45) is 1.05. The van der Waals surface area contributed by atoms with Crippen LogP contribution < -0.4 is 4.90 Å². The van der Waals surface area contributed by atoms with Gasteiger partial charge in [-0.15, -0.1) is 0 Å². The second-order valence-corrected chi connectivity index (χ2v) is 8.21. The van der Waals surface area contributed by atoms with Gasteiger partial charge in [0.15, 0.2) is 0 Å². The highest BCUT2D eigenvalue weighted by molar-refractivity contribution is 5.93. The number of ether oxygens (including phenoxy) is 2. The second kappa shape index (κ2) is 8.70. The normalized spacial score (nSPS) is 18.5. The van der Waals surface area contributed by atoms with E-state index in [2.05, 4.69) is 4.98 Å². The summed E-state index contributed by atoms with van der Waals surface area (Å²) < 4.78 is 12.5. The van der Waals surface area contributed by atoms with Crippen LogP contribution in [0.25, 0.3) is 11.0 Å². The second-order valence-electron chi connectivity index (χ2n) is 8.21. The first-order chi connectivity index (χ1) is 16.0. The summed E-state index contributed by atoms with van der Waals surface area (Å²) in [5.41, 5.74) is 2.03. The molecule has 0 radical (unpaired) electrons. The van der Waals surface area contributed by atoms with E-state index in [1.165, 1.54) is 13.2 Å². The van der Waals surface area contributed by atoms with Gasteiger partial charge in [-0.1, -0.05) is 6.07 Å². The van der Waals surface area contributed by atoms with Crippen molar-refractivity contribution in [3.05, 3.63) is 47.8 Å². The summed E-state index contributed by atoms with van der Waals surface area (Å²) in [4.78, 5) is 37.5. The Hall–Kier alpha value is -3.66. The molecule has 1 atom stereocenters. The van der Waals surface area contributed by atoms with Crippen molar-refractivity contribution in [1.29, 1.82) is 0 Å². The molecule has 1 amide bonds. The summed E-state index contributed by atoms with van der Waals surface area (Å²) in [7, 11) is 1.36. The van der Waals surface area contributed by atoms with Crippen molar-refractivity contribution in [3.8, 4) is 5.88 Å². The van der Waals surface area contributed by atoms with Crippen molar-refractivity contribution in [2.24, 2.45) is 0 Å². The first kappa shape index (κ1) is 21.2. The monoisotopic (exact) mass is 451 g/mol. The van der Waals surface area contributed by atoms with Gasteiger partial charge in [-0.2, -0.15) is 4.98 Å². The quantitative estimate of drug-likeness (QED) is 0.563. The number of pyridine rings is 1. The molecule has 3 aromatic rings. The predicted molar refractivity (Wildman–Crippen MR) is 119 cm³/mol. The highest BCUT2D eigenvalue weighted by Crippen LogP contribution is 2.24. The Morgan fingerprint density at radius 1 is 1.24 bits per heavy atom. The maximum atomic E-state index is 12.9. The van der Waals surface area contributed by atoms with Crippen LogP contribution in [0.4, 0.5) is 5.82 Å². The fraction of sp³-hybridized carbons (Fsp3) is 0.391. The number of anilines is 1. The van der Waals surface area contributed by atoms with Crippen LogP contribution in [-0.4, -0.2) is 75.9 Å². The van der Waals surface area contributed by atoms with Gasteiger partial charge in [0.05, 0.1) is 49.4 Å². The number of nitrogens with zero attached hydrogens (tertiary/aromatic N) is 5. The molecule has 0 saturated carbocycles. The molecule has 10 nitrogen and oxygen atoms in total. The van der Waals surface area contributed by atoms with Gasteiger partial charge < -0.3 is 28.9 Å². The summed E-state index contributed by atoms with van der Waals surface area (Å²) in [6, 6.07) is 10.3. The van der Waals surface area contributed by atoms with Crippen LogP contribution in [-0.2, 0) is 27.4 Å². The number of imidazole rings is 1. The van der Waals surface area contributed by atoms with E-state index >= 15 is 0 Å². The van der Waals surface area contributed by atoms with E-state index in [0.29, 0.717) is 37.6 Å². The van der Waals surface area contributed by atoms with E-state index in [1.54, 1.807) is 35.2 Å². The molecule has 5 rings (SSSR count). The Morgan fingerprint density at radius 2 is 2.09 bits per heavy atom. The number of amides is 1.